The van der Waals surface area contributed by atoms with Crippen molar-refractivity contribution in [2.45, 2.75) is 44.8 Å². The topological polar surface area (TPSA) is 135 Å². The Labute approximate surface area is 197 Å². The minimum Gasteiger partial charge on any atom is -0.352 e. The predicted octanol–water partition coefficient (Wildman–Crippen LogP) is 2.00. The monoisotopic (exact) mass is 461 g/mol. The predicted molar refractivity (Wildman–Crippen MR) is 126 cm³/mol. The van der Waals surface area contributed by atoms with Crippen molar-refractivity contribution < 1.29 is 14.4 Å². The number of nitrogens with two attached hydrogens (primary N) is 1. The van der Waals surface area contributed by atoms with Crippen LogP contribution in [0.5, 0.6) is 0 Å². The summed E-state index contributed by atoms with van der Waals surface area (Å²) in [4.78, 5) is 43.8. The maximum absolute atomic E-state index is 13.3. The van der Waals surface area contributed by atoms with Gasteiger partial charge in [-0.05, 0) is 42.2 Å². The van der Waals surface area contributed by atoms with E-state index in [1.165, 1.54) is 0 Å². The number of amides is 4. The molecule has 0 saturated carbocycles. The molecule has 0 saturated heterocycles. The van der Waals surface area contributed by atoms with Crippen LogP contribution in [0.1, 0.15) is 30.9 Å². The fourth-order valence-electron chi connectivity index (χ4n) is 4.22. The Bertz CT molecular complexity index is 1180. The van der Waals surface area contributed by atoms with Gasteiger partial charge in [0.2, 0.25) is 11.8 Å². The second kappa shape index (κ2) is 10.2. The lowest BCUT2D eigenvalue weighted by atomic mass is 9.91. The first-order valence-electron chi connectivity index (χ1n) is 11.1. The van der Waals surface area contributed by atoms with Crippen LogP contribution in [0.25, 0.3) is 5.82 Å². The molecule has 4 amide bonds. The van der Waals surface area contributed by atoms with Gasteiger partial charge in [-0.2, -0.15) is 5.10 Å². The van der Waals surface area contributed by atoms with Crippen molar-refractivity contribution in [1.82, 2.24) is 25.0 Å². The van der Waals surface area contributed by atoms with E-state index in [1.54, 1.807) is 53.3 Å². The van der Waals surface area contributed by atoms with Gasteiger partial charge in [0, 0.05) is 37.6 Å². The molecule has 1 aliphatic heterocycles. The van der Waals surface area contributed by atoms with Crippen molar-refractivity contribution >= 4 is 23.5 Å². The van der Waals surface area contributed by atoms with Crippen LogP contribution in [0.3, 0.4) is 0 Å². The zero-order chi connectivity index (χ0) is 24.1. The van der Waals surface area contributed by atoms with E-state index < -0.39 is 12.1 Å². The standard InChI is InChI=1S/C24H27N7O3/c1-2-19(29-24(25)34)23(33)30-15-17-8-4-3-7-16(17)13-18(30)14-21(32)28-20-9-5-10-26-22(20)31-12-6-11-27-31/h3-12,18-19H,2,13-15H2,1H3,(H,28,32)(H3,25,29,34)/t18-,19?/m1/s1. The second-order valence-electron chi connectivity index (χ2n) is 8.14. The minimum atomic E-state index is -0.755. The van der Waals surface area contributed by atoms with Gasteiger partial charge < -0.3 is 21.3 Å². The summed E-state index contributed by atoms with van der Waals surface area (Å²) in [6.45, 7) is 2.16. The zero-order valence-electron chi connectivity index (χ0n) is 18.8. The summed E-state index contributed by atoms with van der Waals surface area (Å²) in [5.41, 5.74) is 7.91. The van der Waals surface area contributed by atoms with Crippen LogP contribution in [-0.2, 0) is 22.6 Å². The van der Waals surface area contributed by atoms with Gasteiger partial charge in [0.1, 0.15) is 6.04 Å². The molecule has 2 aromatic heterocycles. The lowest BCUT2D eigenvalue weighted by Gasteiger charge is -2.38. The van der Waals surface area contributed by atoms with Gasteiger partial charge in [-0.1, -0.05) is 31.2 Å². The summed E-state index contributed by atoms with van der Waals surface area (Å²) in [5, 5.41) is 9.62. The molecule has 0 radical (unpaired) electrons. The van der Waals surface area contributed by atoms with Crippen LogP contribution in [0, 0.1) is 0 Å². The lowest BCUT2D eigenvalue weighted by Crippen LogP contribution is -2.54. The Hall–Kier alpha value is -4.21. The average molecular weight is 462 g/mol. The van der Waals surface area contributed by atoms with Gasteiger partial charge >= 0.3 is 6.03 Å². The Morgan fingerprint density at radius 1 is 1.12 bits per heavy atom. The molecule has 0 aliphatic carbocycles. The van der Waals surface area contributed by atoms with E-state index in [4.69, 9.17) is 5.73 Å². The first-order chi connectivity index (χ1) is 16.5. The summed E-state index contributed by atoms with van der Waals surface area (Å²) in [6.07, 6.45) is 6.01. The molecule has 1 aromatic carbocycles. The zero-order valence-corrected chi connectivity index (χ0v) is 18.8. The first-order valence-corrected chi connectivity index (χ1v) is 11.1. The van der Waals surface area contributed by atoms with Crippen LogP contribution < -0.4 is 16.4 Å². The number of hydrogen-bond acceptors (Lipinski definition) is 5. The molecule has 2 atom stereocenters. The van der Waals surface area contributed by atoms with E-state index in [9.17, 15) is 14.4 Å². The highest BCUT2D eigenvalue weighted by Crippen LogP contribution is 2.27. The van der Waals surface area contributed by atoms with Crippen molar-refractivity contribution in [2.75, 3.05) is 5.32 Å². The number of primary amides is 1. The molecule has 0 fully saturated rings. The normalized spacial score (nSPS) is 15.8. The first kappa shape index (κ1) is 23.0. The number of urea groups is 1. The van der Waals surface area contributed by atoms with Crippen molar-refractivity contribution in [3.8, 4) is 5.82 Å². The number of anilines is 1. The fourth-order valence-corrected chi connectivity index (χ4v) is 4.22. The maximum atomic E-state index is 13.3. The van der Waals surface area contributed by atoms with Crippen LogP contribution in [0.2, 0.25) is 0 Å². The Kier molecular flexibility index (Phi) is 6.86. The molecule has 10 nitrogen and oxygen atoms in total. The second-order valence-corrected chi connectivity index (χ2v) is 8.14. The van der Waals surface area contributed by atoms with Gasteiger partial charge in [-0.15, -0.1) is 0 Å². The van der Waals surface area contributed by atoms with Gasteiger partial charge in [0.15, 0.2) is 5.82 Å². The number of hydrogen-bond donors (Lipinski definition) is 3. The summed E-state index contributed by atoms with van der Waals surface area (Å²) < 4.78 is 1.57. The summed E-state index contributed by atoms with van der Waals surface area (Å²) >= 11 is 0. The van der Waals surface area contributed by atoms with E-state index in [1.807, 2.05) is 24.3 Å². The van der Waals surface area contributed by atoms with Crippen molar-refractivity contribution in [3.63, 3.8) is 0 Å². The number of benzene rings is 1. The van der Waals surface area contributed by atoms with E-state index in [0.29, 0.717) is 30.9 Å². The summed E-state index contributed by atoms with van der Waals surface area (Å²) in [5.74, 6) is -0.00816. The van der Waals surface area contributed by atoms with Gasteiger partial charge in [-0.3, -0.25) is 9.59 Å². The smallest absolute Gasteiger partial charge is 0.312 e. The molecule has 176 valence electrons. The average Bonchev–Trinajstić information content (AvgIpc) is 3.36. The highest BCUT2D eigenvalue weighted by atomic mass is 16.2. The number of nitrogens with zero attached hydrogens (tertiary/aromatic N) is 4. The number of nitrogens with one attached hydrogen (secondary N) is 2. The number of carbonyl (C=O) groups is 3. The Balaban J connectivity index is 1.55. The van der Waals surface area contributed by atoms with Crippen molar-refractivity contribution in [1.29, 1.82) is 0 Å². The van der Waals surface area contributed by atoms with Crippen LogP contribution >= 0.6 is 0 Å². The highest BCUT2D eigenvalue weighted by molar-refractivity contribution is 5.93. The Morgan fingerprint density at radius 2 is 1.91 bits per heavy atom. The molecule has 1 unspecified atom stereocenters. The van der Waals surface area contributed by atoms with Crippen molar-refractivity contribution in [2.24, 2.45) is 5.73 Å². The van der Waals surface area contributed by atoms with Gasteiger partial charge in [-0.25, -0.2) is 14.5 Å². The van der Waals surface area contributed by atoms with Crippen LogP contribution in [-0.4, -0.2) is 49.6 Å². The van der Waals surface area contributed by atoms with E-state index in [0.717, 1.165) is 11.1 Å². The fraction of sp³-hybridized carbons (Fsp3) is 0.292. The van der Waals surface area contributed by atoms with Gasteiger partial charge in [0.25, 0.3) is 0 Å². The third-order valence-electron chi connectivity index (χ3n) is 5.86. The third kappa shape index (κ3) is 5.06. The molecule has 3 heterocycles. The van der Waals surface area contributed by atoms with E-state index >= 15 is 0 Å². The third-order valence-corrected chi connectivity index (χ3v) is 5.86. The molecule has 1 aliphatic rings. The minimum absolute atomic E-state index is 0.0839. The SMILES string of the molecule is CCC(NC(N)=O)C(=O)N1Cc2ccccc2C[C@@H]1CC(=O)Nc1cccnc1-n1cccn1. The number of aromatic nitrogens is 3. The largest absolute Gasteiger partial charge is 0.352 e. The molecule has 0 bridgehead atoms. The van der Waals surface area contributed by atoms with Crippen LogP contribution in [0.15, 0.2) is 61.1 Å². The molecule has 4 N–H and O–H groups in total. The maximum Gasteiger partial charge on any atom is 0.312 e. The summed E-state index contributed by atoms with van der Waals surface area (Å²) in [7, 11) is 0. The van der Waals surface area contributed by atoms with E-state index in [-0.39, 0.29) is 24.3 Å². The molecule has 10 heteroatoms. The molecular formula is C24H27N7O3. The van der Waals surface area contributed by atoms with Gasteiger partial charge in [0.05, 0.1) is 5.69 Å². The number of fused-ring (bicyclic) bond motifs is 1. The quantitative estimate of drug-likeness (QED) is 0.495. The van der Waals surface area contributed by atoms with Crippen molar-refractivity contribution in [3.05, 3.63) is 72.2 Å². The molecule has 3 aromatic rings. The number of rotatable bonds is 7. The lowest BCUT2D eigenvalue weighted by molar-refractivity contribution is -0.137. The molecule has 0 spiro atoms. The van der Waals surface area contributed by atoms with E-state index in [2.05, 4.69) is 20.7 Å². The Morgan fingerprint density at radius 3 is 2.62 bits per heavy atom. The summed E-state index contributed by atoms with van der Waals surface area (Å²) in [6, 6.07) is 11.2. The molecule has 34 heavy (non-hydrogen) atoms. The number of carbonyl (C=O) groups excluding carboxylic acids is 3. The van der Waals surface area contributed by atoms with Crippen LogP contribution in [0.4, 0.5) is 10.5 Å². The highest BCUT2D eigenvalue weighted by Gasteiger charge is 2.34. The molecule has 4 rings (SSSR count). The number of pyridine rings is 1. The molecular weight excluding hydrogens is 434 g/mol.